The number of ether oxygens (including phenoxy) is 1. The third-order valence-electron chi connectivity index (χ3n) is 2.89. The molecule has 1 amide bonds. The molecule has 0 aliphatic carbocycles. The van der Waals surface area contributed by atoms with E-state index in [0.29, 0.717) is 10.9 Å². The Kier molecular flexibility index (Phi) is 5.08. The topological polar surface area (TPSA) is 51.2 Å². The van der Waals surface area contributed by atoms with E-state index in [9.17, 15) is 9.18 Å². The second kappa shape index (κ2) is 6.66. The zero-order chi connectivity index (χ0) is 16.3. The van der Waals surface area contributed by atoms with E-state index in [0.717, 1.165) is 9.90 Å². The van der Waals surface area contributed by atoms with Gasteiger partial charge in [0.25, 0.3) is 5.91 Å². The highest BCUT2D eigenvalue weighted by atomic mass is 32.2. The van der Waals surface area contributed by atoms with Crippen molar-refractivity contribution in [2.24, 2.45) is 0 Å². The summed E-state index contributed by atoms with van der Waals surface area (Å²) in [4.78, 5) is 16.7. The van der Waals surface area contributed by atoms with Crippen molar-refractivity contribution in [3.63, 3.8) is 0 Å². The zero-order valence-corrected chi connectivity index (χ0v) is 14.4. The highest BCUT2D eigenvalue weighted by Gasteiger charge is 2.31. The second-order valence-electron chi connectivity index (χ2n) is 5.12. The lowest BCUT2D eigenvalue weighted by Crippen LogP contribution is -2.42. The predicted molar refractivity (Wildman–Crippen MR) is 88.4 cm³/mol. The molecule has 1 N–H and O–H groups in total. The van der Waals surface area contributed by atoms with E-state index >= 15 is 0 Å². The fraction of sp³-hybridized carbons (Fsp3) is 0.333. The smallest absolute Gasteiger partial charge is 0.269 e. The number of thiazole rings is 1. The van der Waals surface area contributed by atoms with Crippen molar-refractivity contribution in [3.05, 3.63) is 35.8 Å². The second-order valence-corrected chi connectivity index (χ2v) is 7.19. The summed E-state index contributed by atoms with van der Waals surface area (Å²) in [7, 11) is 0. The van der Waals surface area contributed by atoms with Crippen LogP contribution in [-0.4, -0.2) is 22.7 Å². The summed E-state index contributed by atoms with van der Waals surface area (Å²) in [5, 5.41) is 3.31. The first-order valence-electron chi connectivity index (χ1n) is 6.59. The number of nitrogens with one attached hydrogen (secondary N) is 1. The zero-order valence-electron chi connectivity index (χ0n) is 12.8. The average molecular weight is 340 g/mol. The molecular formula is C15H17FN2O2S2. The number of benzene rings is 1. The number of halogens is 1. The number of hydrogen-bond acceptors (Lipinski definition) is 5. The molecule has 2 aromatic rings. The van der Waals surface area contributed by atoms with Gasteiger partial charge in [0, 0.05) is 0 Å². The maximum atomic E-state index is 12.9. The van der Waals surface area contributed by atoms with Gasteiger partial charge in [0.1, 0.15) is 11.6 Å². The fourth-order valence-electron chi connectivity index (χ4n) is 1.72. The Morgan fingerprint density at radius 1 is 1.36 bits per heavy atom. The molecule has 0 aliphatic heterocycles. The van der Waals surface area contributed by atoms with E-state index in [-0.39, 0.29) is 11.7 Å². The average Bonchev–Trinajstić information content (AvgIpc) is 2.81. The molecule has 1 heterocycles. The van der Waals surface area contributed by atoms with Crippen LogP contribution in [0.3, 0.4) is 0 Å². The van der Waals surface area contributed by atoms with Gasteiger partial charge in [-0.15, -0.1) is 11.8 Å². The monoisotopic (exact) mass is 340 g/mol. The van der Waals surface area contributed by atoms with Gasteiger partial charge in [0.15, 0.2) is 10.7 Å². The Morgan fingerprint density at radius 2 is 2.00 bits per heavy atom. The summed E-state index contributed by atoms with van der Waals surface area (Å²) >= 11 is 3.02. The van der Waals surface area contributed by atoms with Crippen LogP contribution in [-0.2, 0) is 4.79 Å². The Bertz CT molecular complexity index is 669. The number of carbonyl (C=O) groups is 1. The van der Waals surface area contributed by atoms with Crippen molar-refractivity contribution < 1.29 is 13.9 Å². The van der Waals surface area contributed by atoms with E-state index in [1.54, 1.807) is 25.6 Å². The van der Waals surface area contributed by atoms with Gasteiger partial charge in [-0.2, -0.15) is 0 Å². The molecular weight excluding hydrogens is 323 g/mol. The summed E-state index contributed by atoms with van der Waals surface area (Å²) < 4.78 is 19.6. The summed E-state index contributed by atoms with van der Waals surface area (Å²) in [6, 6.07) is 5.56. The number of thioether (sulfide) groups is 1. The highest BCUT2D eigenvalue weighted by Crippen LogP contribution is 2.31. The summed E-state index contributed by atoms with van der Waals surface area (Å²) in [5.74, 6) is -0.225. The third-order valence-corrected chi connectivity index (χ3v) is 5.18. The van der Waals surface area contributed by atoms with Crippen LogP contribution in [0.25, 0.3) is 0 Å². The van der Waals surface area contributed by atoms with E-state index in [2.05, 4.69) is 10.3 Å². The molecule has 1 aromatic heterocycles. The Hall–Kier alpha value is -1.60. The molecule has 0 saturated carbocycles. The molecule has 4 nitrogen and oxygen atoms in total. The van der Waals surface area contributed by atoms with Crippen LogP contribution in [0.5, 0.6) is 5.75 Å². The lowest BCUT2D eigenvalue weighted by atomic mass is 10.1. The number of rotatable bonds is 5. The first kappa shape index (κ1) is 16.8. The van der Waals surface area contributed by atoms with Crippen LogP contribution >= 0.6 is 23.1 Å². The first-order chi connectivity index (χ1) is 10.3. The van der Waals surface area contributed by atoms with Gasteiger partial charge in [0.05, 0.1) is 9.90 Å². The van der Waals surface area contributed by atoms with Crippen LogP contribution in [0.1, 0.15) is 19.5 Å². The van der Waals surface area contributed by atoms with Gasteiger partial charge in [-0.25, -0.2) is 9.37 Å². The largest absolute Gasteiger partial charge is 0.478 e. The molecule has 2 rings (SSSR count). The van der Waals surface area contributed by atoms with Crippen molar-refractivity contribution in [2.75, 3.05) is 11.6 Å². The maximum Gasteiger partial charge on any atom is 0.269 e. The predicted octanol–water partition coefficient (Wildman–Crippen LogP) is 4.11. The minimum Gasteiger partial charge on any atom is -0.478 e. The number of carbonyl (C=O) groups excluding carboxylic acids is 1. The number of anilines is 1. The number of aryl methyl sites for hydroxylation is 1. The summed E-state index contributed by atoms with van der Waals surface area (Å²) in [6.45, 7) is 5.21. The molecule has 22 heavy (non-hydrogen) atoms. The summed E-state index contributed by atoms with van der Waals surface area (Å²) in [6.07, 6.45) is 1.97. The molecule has 0 atom stereocenters. The van der Waals surface area contributed by atoms with E-state index in [1.807, 2.05) is 13.2 Å². The molecule has 0 spiro atoms. The molecule has 0 unspecified atom stereocenters. The lowest BCUT2D eigenvalue weighted by Gasteiger charge is -2.24. The normalized spacial score (nSPS) is 11.3. The number of hydrogen-bond donors (Lipinski definition) is 1. The molecule has 0 saturated heterocycles. The van der Waals surface area contributed by atoms with Gasteiger partial charge in [-0.05, 0) is 51.3 Å². The van der Waals surface area contributed by atoms with Crippen molar-refractivity contribution in [3.8, 4) is 5.75 Å². The molecule has 0 fully saturated rings. The van der Waals surface area contributed by atoms with E-state index < -0.39 is 5.60 Å². The number of nitrogens with zero attached hydrogens (tertiary/aromatic N) is 1. The first-order valence-corrected chi connectivity index (χ1v) is 8.63. The number of aromatic nitrogens is 1. The maximum absolute atomic E-state index is 12.9. The molecule has 7 heteroatoms. The van der Waals surface area contributed by atoms with Crippen molar-refractivity contribution in [1.29, 1.82) is 0 Å². The Morgan fingerprint density at radius 3 is 2.55 bits per heavy atom. The van der Waals surface area contributed by atoms with Crippen LogP contribution in [0.15, 0.2) is 28.5 Å². The molecule has 0 radical (unpaired) electrons. The van der Waals surface area contributed by atoms with Crippen LogP contribution in [0.4, 0.5) is 9.52 Å². The van der Waals surface area contributed by atoms with E-state index in [4.69, 9.17) is 4.74 Å². The molecule has 1 aromatic carbocycles. The van der Waals surface area contributed by atoms with E-state index in [1.165, 1.54) is 35.6 Å². The number of amides is 1. The lowest BCUT2D eigenvalue weighted by molar-refractivity contribution is -0.128. The van der Waals surface area contributed by atoms with Crippen molar-refractivity contribution >= 4 is 34.1 Å². The standard InChI is InChI=1S/C15H17FN2O2S2/c1-9-12(21-4)22-14(17-9)18-13(19)15(2,3)20-11-7-5-10(16)6-8-11/h5-8H,1-4H3,(H,17,18,19). The van der Waals surface area contributed by atoms with Gasteiger partial charge >= 0.3 is 0 Å². The molecule has 0 bridgehead atoms. The van der Waals surface area contributed by atoms with Gasteiger partial charge in [0.2, 0.25) is 0 Å². The van der Waals surface area contributed by atoms with Crippen LogP contribution in [0.2, 0.25) is 0 Å². The quantitative estimate of drug-likeness (QED) is 0.832. The van der Waals surface area contributed by atoms with Crippen LogP contribution < -0.4 is 10.1 Å². The van der Waals surface area contributed by atoms with Crippen molar-refractivity contribution in [1.82, 2.24) is 4.98 Å². The third kappa shape index (κ3) is 3.98. The van der Waals surface area contributed by atoms with Crippen molar-refractivity contribution in [2.45, 2.75) is 30.6 Å². The summed E-state index contributed by atoms with van der Waals surface area (Å²) in [5.41, 5.74) is -0.207. The SMILES string of the molecule is CSc1sc(NC(=O)C(C)(C)Oc2ccc(F)cc2)nc1C. The highest BCUT2D eigenvalue weighted by molar-refractivity contribution is 8.00. The fourth-order valence-corrected chi connectivity index (χ4v) is 3.32. The Labute approximate surface area is 137 Å². The van der Waals surface area contributed by atoms with Gasteiger partial charge in [-0.1, -0.05) is 11.3 Å². The molecule has 0 aliphatic rings. The van der Waals surface area contributed by atoms with Crippen LogP contribution in [0, 0.1) is 12.7 Å². The Balaban J connectivity index is 2.07. The molecule has 118 valence electrons. The van der Waals surface area contributed by atoms with Gasteiger partial charge < -0.3 is 4.74 Å². The minimum absolute atomic E-state index is 0.307. The van der Waals surface area contributed by atoms with Gasteiger partial charge in [-0.3, -0.25) is 10.1 Å². The minimum atomic E-state index is -1.10.